The summed E-state index contributed by atoms with van der Waals surface area (Å²) in [6, 6.07) is 14.5. The molecule has 1 aliphatic heterocycles. The van der Waals surface area contributed by atoms with Gasteiger partial charge in [0.2, 0.25) is 15.7 Å². The Balaban J connectivity index is 1.94. The molecule has 0 fully saturated rings. The zero-order chi connectivity index (χ0) is 26.2. The van der Waals surface area contributed by atoms with Crippen LogP contribution in [0.25, 0.3) is 11.0 Å². The molecule has 9 nitrogen and oxygen atoms in total. The molecule has 37 heavy (non-hydrogen) atoms. The quantitative estimate of drug-likeness (QED) is 0.383. The number of hydrogen-bond acceptors (Lipinski definition) is 9. The Morgan fingerprint density at radius 3 is 2.38 bits per heavy atom. The van der Waals surface area contributed by atoms with E-state index >= 15 is 0 Å². The number of fused-ring (bicyclic) bond motifs is 1. The first-order valence-electron chi connectivity index (χ1n) is 11.0. The largest absolute Gasteiger partial charge is 0.465 e. The normalized spacial score (nSPS) is 15.9. The van der Waals surface area contributed by atoms with Gasteiger partial charge in [0.1, 0.15) is 10.2 Å². The maximum Gasteiger partial charge on any atom is 0.346 e. The third-order valence-corrected chi connectivity index (χ3v) is 8.87. The summed E-state index contributed by atoms with van der Waals surface area (Å²) in [6.07, 6.45) is 7.79. The summed E-state index contributed by atoms with van der Waals surface area (Å²) >= 11 is 0.967. The number of nitrogen functional groups attached to an aromatic ring is 1. The number of carbonyl (C=O) groups excluding carboxylic acids is 2. The van der Waals surface area contributed by atoms with Crippen LogP contribution in [0.5, 0.6) is 0 Å². The number of nitrogens with two attached hydrogens (primary N) is 1. The zero-order valence-corrected chi connectivity index (χ0v) is 21.1. The van der Waals surface area contributed by atoms with Gasteiger partial charge >= 0.3 is 5.97 Å². The lowest BCUT2D eigenvalue weighted by Crippen LogP contribution is -2.42. The fourth-order valence-electron chi connectivity index (χ4n) is 4.09. The fraction of sp³-hybridized carbons (Fsp3) is 0.0769. The van der Waals surface area contributed by atoms with E-state index in [1.165, 1.54) is 25.4 Å². The molecule has 1 aliphatic rings. The highest BCUT2D eigenvalue weighted by atomic mass is 32.2. The number of methoxy groups -OCH3 is 1. The molecule has 186 valence electrons. The summed E-state index contributed by atoms with van der Waals surface area (Å²) in [5.74, 6) is -1.30. The average molecular weight is 533 g/mol. The lowest BCUT2D eigenvalue weighted by Gasteiger charge is -2.23. The molecule has 1 aromatic carbocycles. The van der Waals surface area contributed by atoms with Gasteiger partial charge in [0.15, 0.2) is 5.03 Å². The van der Waals surface area contributed by atoms with Gasteiger partial charge in [0.25, 0.3) is 0 Å². The van der Waals surface area contributed by atoms with Crippen LogP contribution in [0.4, 0.5) is 5.69 Å². The van der Waals surface area contributed by atoms with Crippen molar-refractivity contribution in [3.63, 3.8) is 0 Å². The van der Waals surface area contributed by atoms with Crippen LogP contribution in [0, 0.1) is 0 Å². The maximum absolute atomic E-state index is 14.0. The van der Waals surface area contributed by atoms with Crippen LogP contribution in [-0.4, -0.2) is 41.9 Å². The van der Waals surface area contributed by atoms with Gasteiger partial charge in [0.05, 0.1) is 23.0 Å². The number of aromatic nitrogens is 3. The van der Waals surface area contributed by atoms with Gasteiger partial charge in [-0.3, -0.25) is 19.3 Å². The first kappa shape index (κ1) is 24.5. The van der Waals surface area contributed by atoms with Crippen molar-refractivity contribution in [2.45, 2.75) is 15.2 Å². The lowest BCUT2D eigenvalue weighted by molar-refractivity contribution is -0.133. The number of thioether (sulfide) groups is 1. The number of esters is 1. The van der Waals surface area contributed by atoms with E-state index in [2.05, 4.69) is 9.97 Å². The molecule has 0 unspecified atom stereocenters. The molecule has 0 amide bonds. The Morgan fingerprint density at radius 2 is 1.76 bits per heavy atom. The third kappa shape index (κ3) is 4.21. The summed E-state index contributed by atoms with van der Waals surface area (Å²) < 4.78 is 33.9. The molecule has 0 spiro atoms. The van der Waals surface area contributed by atoms with Gasteiger partial charge in [-0.2, -0.15) is 0 Å². The van der Waals surface area contributed by atoms with E-state index in [9.17, 15) is 18.0 Å². The van der Waals surface area contributed by atoms with E-state index in [0.29, 0.717) is 11.1 Å². The molecule has 0 saturated heterocycles. The average Bonchev–Trinajstić information content (AvgIpc) is 3.23. The van der Waals surface area contributed by atoms with Gasteiger partial charge in [-0.1, -0.05) is 42.1 Å². The van der Waals surface area contributed by atoms with Crippen molar-refractivity contribution in [3.8, 4) is 0 Å². The van der Waals surface area contributed by atoms with Crippen LogP contribution >= 0.6 is 11.8 Å². The standard InChI is InChI=1S/C26H20N4O5S2/c1-35-26(32)23-21-19(13-16-7-5-11-28-14-16)20(27)25(37(33,34)18-9-3-2-4-10-18)30(21)24(31)22(36-23)17-8-6-12-29-15-17/h2-15,22H,27H2,1H3/b19-13+/t22-/m0/s1. The summed E-state index contributed by atoms with van der Waals surface area (Å²) in [6.45, 7) is 0. The highest BCUT2D eigenvalue weighted by Crippen LogP contribution is 2.40. The number of anilines is 1. The highest BCUT2D eigenvalue weighted by molar-refractivity contribution is 8.10. The van der Waals surface area contributed by atoms with Crippen LogP contribution in [0.2, 0.25) is 0 Å². The van der Waals surface area contributed by atoms with E-state index in [1.807, 2.05) is 0 Å². The second-order valence-corrected chi connectivity index (χ2v) is 11.0. The molecule has 4 heterocycles. The summed E-state index contributed by atoms with van der Waals surface area (Å²) in [5.41, 5.74) is 7.45. The second-order valence-electron chi connectivity index (χ2n) is 8.01. The van der Waals surface area contributed by atoms with Gasteiger partial charge in [-0.25, -0.2) is 13.2 Å². The number of carbonyl (C=O) groups is 2. The lowest BCUT2D eigenvalue weighted by atomic mass is 10.2. The molecular weight excluding hydrogens is 512 g/mol. The summed E-state index contributed by atoms with van der Waals surface area (Å²) in [4.78, 5) is 35.2. The summed E-state index contributed by atoms with van der Waals surface area (Å²) in [7, 11) is -3.07. The first-order valence-corrected chi connectivity index (χ1v) is 13.4. The SMILES string of the molecule is COC(=O)C1=c2/c(=C/c3cccnc3)c(N)c(S(=O)(=O)c3ccccc3)n2C(=O)[C@H](c2cccnc2)S1. The van der Waals surface area contributed by atoms with Crippen molar-refractivity contribution in [1.29, 1.82) is 0 Å². The molecule has 3 aromatic heterocycles. The molecule has 0 radical (unpaired) electrons. The number of ether oxygens (including phenoxy) is 1. The van der Waals surface area contributed by atoms with Crippen molar-refractivity contribution in [2.75, 3.05) is 12.8 Å². The van der Waals surface area contributed by atoms with Crippen LogP contribution in [0.1, 0.15) is 21.2 Å². The third-order valence-electron chi connectivity index (χ3n) is 5.76. The number of rotatable bonds is 5. The van der Waals surface area contributed by atoms with Gasteiger partial charge in [0, 0.05) is 30.0 Å². The van der Waals surface area contributed by atoms with E-state index in [0.717, 1.165) is 16.3 Å². The Hall–Kier alpha value is -4.22. The van der Waals surface area contributed by atoms with Gasteiger partial charge in [-0.05, 0) is 41.5 Å². The Kier molecular flexibility index (Phi) is 6.40. The fourth-order valence-corrected chi connectivity index (χ4v) is 6.86. The highest BCUT2D eigenvalue weighted by Gasteiger charge is 2.40. The van der Waals surface area contributed by atoms with Crippen LogP contribution in [-0.2, 0) is 19.4 Å². The Bertz CT molecular complexity index is 1740. The number of sulfone groups is 1. The first-order chi connectivity index (χ1) is 17.8. The van der Waals surface area contributed by atoms with Crippen molar-refractivity contribution < 1.29 is 22.7 Å². The summed E-state index contributed by atoms with van der Waals surface area (Å²) in [5, 5.41) is -1.12. The van der Waals surface area contributed by atoms with Crippen LogP contribution in [0.15, 0.2) is 89.3 Å². The predicted octanol–water partition coefficient (Wildman–Crippen LogP) is 1.93. The van der Waals surface area contributed by atoms with Crippen LogP contribution in [0.3, 0.4) is 0 Å². The van der Waals surface area contributed by atoms with Crippen molar-refractivity contribution in [3.05, 3.63) is 101 Å². The molecule has 11 heteroatoms. The molecular formula is C26H20N4O5S2. The molecule has 2 N–H and O–H groups in total. The van der Waals surface area contributed by atoms with Gasteiger partial charge in [-0.15, -0.1) is 0 Å². The van der Waals surface area contributed by atoms with E-state index in [1.54, 1.807) is 67.1 Å². The number of nitrogens with zero attached hydrogens (tertiary/aromatic N) is 3. The Labute approximate surface area is 216 Å². The Morgan fingerprint density at radius 1 is 1.05 bits per heavy atom. The van der Waals surface area contributed by atoms with Gasteiger partial charge < -0.3 is 10.5 Å². The molecule has 1 atom stereocenters. The number of hydrogen-bond donors (Lipinski definition) is 1. The zero-order valence-electron chi connectivity index (χ0n) is 19.4. The number of benzene rings is 1. The predicted molar refractivity (Wildman–Crippen MR) is 138 cm³/mol. The smallest absolute Gasteiger partial charge is 0.346 e. The molecule has 0 aliphatic carbocycles. The molecule has 0 saturated carbocycles. The molecule has 4 aromatic rings. The van der Waals surface area contributed by atoms with Crippen molar-refractivity contribution in [1.82, 2.24) is 14.5 Å². The minimum absolute atomic E-state index is 0.0431. The van der Waals surface area contributed by atoms with Crippen molar-refractivity contribution in [2.24, 2.45) is 0 Å². The second kappa shape index (κ2) is 9.68. The van der Waals surface area contributed by atoms with E-state index in [4.69, 9.17) is 10.5 Å². The minimum atomic E-state index is -4.29. The van der Waals surface area contributed by atoms with E-state index < -0.39 is 32.0 Å². The van der Waals surface area contributed by atoms with Crippen molar-refractivity contribution >= 4 is 50.1 Å². The minimum Gasteiger partial charge on any atom is -0.465 e. The van der Waals surface area contributed by atoms with Crippen LogP contribution < -0.4 is 16.3 Å². The van der Waals surface area contributed by atoms with E-state index in [-0.39, 0.29) is 26.1 Å². The molecule has 5 rings (SSSR count). The maximum atomic E-state index is 14.0. The monoisotopic (exact) mass is 532 g/mol. The topological polar surface area (TPSA) is 134 Å². The molecule has 0 bridgehead atoms. The number of pyridine rings is 2.